The summed E-state index contributed by atoms with van der Waals surface area (Å²) >= 11 is 0. The van der Waals surface area contributed by atoms with Gasteiger partial charge in [-0.05, 0) is 5.92 Å². The zero-order chi connectivity index (χ0) is 12.4. The number of hydrogen-bond acceptors (Lipinski definition) is 5. The summed E-state index contributed by atoms with van der Waals surface area (Å²) in [6.07, 6.45) is 1.20. The third kappa shape index (κ3) is 2.27. The SMILES string of the molecule is CC(C)C1C(=O)NCC(=O)N1Cc1ncon1. The van der Waals surface area contributed by atoms with Crippen molar-refractivity contribution < 1.29 is 14.1 Å². The molecule has 2 rings (SSSR count). The highest BCUT2D eigenvalue weighted by molar-refractivity contribution is 5.94. The molecule has 92 valence electrons. The molecule has 1 aliphatic rings. The molecule has 1 aliphatic heterocycles. The summed E-state index contributed by atoms with van der Waals surface area (Å²) in [5.41, 5.74) is 0. The van der Waals surface area contributed by atoms with Crippen LogP contribution in [0.4, 0.5) is 0 Å². The Labute approximate surface area is 98.2 Å². The first kappa shape index (κ1) is 11.6. The summed E-state index contributed by atoms with van der Waals surface area (Å²) in [5.74, 6) is 0.168. The second-order valence-corrected chi connectivity index (χ2v) is 4.28. The van der Waals surface area contributed by atoms with E-state index in [1.54, 1.807) is 0 Å². The molecule has 7 heteroatoms. The minimum Gasteiger partial charge on any atom is -0.345 e. The highest BCUT2D eigenvalue weighted by Crippen LogP contribution is 2.16. The molecule has 0 spiro atoms. The van der Waals surface area contributed by atoms with E-state index >= 15 is 0 Å². The third-order valence-electron chi connectivity index (χ3n) is 2.69. The predicted molar refractivity (Wildman–Crippen MR) is 56.5 cm³/mol. The minimum absolute atomic E-state index is 0.0277. The molecule has 0 bridgehead atoms. The van der Waals surface area contributed by atoms with E-state index in [2.05, 4.69) is 20.0 Å². The molecule has 17 heavy (non-hydrogen) atoms. The largest absolute Gasteiger partial charge is 0.345 e. The van der Waals surface area contributed by atoms with Crippen LogP contribution >= 0.6 is 0 Å². The van der Waals surface area contributed by atoms with Gasteiger partial charge in [-0.25, -0.2) is 0 Å². The van der Waals surface area contributed by atoms with Crippen molar-refractivity contribution in [1.82, 2.24) is 20.4 Å². The number of carbonyl (C=O) groups excluding carboxylic acids is 2. The van der Waals surface area contributed by atoms with Gasteiger partial charge in [0.05, 0.1) is 13.1 Å². The van der Waals surface area contributed by atoms with E-state index in [9.17, 15) is 9.59 Å². The number of carbonyl (C=O) groups is 2. The van der Waals surface area contributed by atoms with Crippen molar-refractivity contribution in [2.75, 3.05) is 6.54 Å². The Balaban J connectivity index is 2.20. The van der Waals surface area contributed by atoms with Crippen molar-refractivity contribution in [2.24, 2.45) is 5.92 Å². The molecule has 1 aromatic heterocycles. The van der Waals surface area contributed by atoms with Gasteiger partial charge in [-0.3, -0.25) is 9.59 Å². The van der Waals surface area contributed by atoms with Crippen LogP contribution in [0, 0.1) is 5.92 Å². The fraction of sp³-hybridized carbons (Fsp3) is 0.600. The zero-order valence-electron chi connectivity index (χ0n) is 9.71. The van der Waals surface area contributed by atoms with Gasteiger partial charge >= 0.3 is 0 Å². The lowest BCUT2D eigenvalue weighted by molar-refractivity contribution is -0.148. The summed E-state index contributed by atoms with van der Waals surface area (Å²) in [4.78, 5) is 28.9. The van der Waals surface area contributed by atoms with Crippen molar-refractivity contribution in [2.45, 2.75) is 26.4 Å². The van der Waals surface area contributed by atoms with Crippen LogP contribution in [0.5, 0.6) is 0 Å². The molecular weight excluding hydrogens is 224 g/mol. The highest BCUT2D eigenvalue weighted by Gasteiger charge is 2.36. The lowest BCUT2D eigenvalue weighted by Gasteiger charge is -2.36. The Morgan fingerprint density at radius 2 is 2.35 bits per heavy atom. The van der Waals surface area contributed by atoms with E-state index in [4.69, 9.17) is 0 Å². The minimum atomic E-state index is -0.477. The van der Waals surface area contributed by atoms with Crippen molar-refractivity contribution in [3.8, 4) is 0 Å². The number of aromatic nitrogens is 2. The monoisotopic (exact) mass is 238 g/mol. The summed E-state index contributed by atoms with van der Waals surface area (Å²) in [6, 6.07) is -0.477. The second kappa shape index (κ2) is 4.52. The predicted octanol–water partition coefficient (Wildman–Crippen LogP) is -0.447. The Bertz CT molecular complexity index is 415. The molecule has 0 aliphatic carbocycles. The molecule has 1 aromatic rings. The van der Waals surface area contributed by atoms with Gasteiger partial charge in [-0.15, -0.1) is 0 Å². The molecule has 0 aromatic carbocycles. The lowest BCUT2D eigenvalue weighted by atomic mass is 9.99. The Hall–Kier alpha value is -1.92. The van der Waals surface area contributed by atoms with E-state index in [-0.39, 0.29) is 30.8 Å². The molecule has 1 saturated heterocycles. The quantitative estimate of drug-likeness (QED) is 0.770. The molecule has 1 atom stereocenters. The molecule has 1 fully saturated rings. The molecule has 7 nitrogen and oxygen atoms in total. The molecule has 0 radical (unpaired) electrons. The van der Waals surface area contributed by atoms with Gasteiger partial charge in [0.25, 0.3) is 0 Å². The third-order valence-corrected chi connectivity index (χ3v) is 2.69. The van der Waals surface area contributed by atoms with Gasteiger partial charge in [-0.1, -0.05) is 19.0 Å². The molecule has 1 N–H and O–H groups in total. The average Bonchev–Trinajstić information content (AvgIpc) is 2.76. The first-order valence-electron chi connectivity index (χ1n) is 5.42. The van der Waals surface area contributed by atoms with E-state index in [0.29, 0.717) is 5.82 Å². The topological polar surface area (TPSA) is 88.3 Å². The Morgan fingerprint density at radius 1 is 1.59 bits per heavy atom. The first-order chi connectivity index (χ1) is 8.09. The molecule has 2 heterocycles. The van der Waals surface area contributed by atoms with Crippen LogP contribution in [-0.4, -0.2) is 39.4 Å². The van der Waals surface area contributed by atoms with Gasteiger partial charge in [0.15, 0.2) is 5.82 Å². The summed E-state index contributed by atoms with van der Waals surface area (Å²) in [6.45, 7) is 4.02. The van der Waals surface area contributed by atoms with Gasteiger partial charge in [-0.2, -0.15) is 4.98 Å². The number of nitrogens with one attached hydrogen (secondary N) is 1. The normalized spacial score (nSPS) is 20.9. The lowest BCUT2D eigenvalue weighted by Crippen LogP contribution is -2.59. The van der Waals surface area contributed by atoms with E-state index in [1.165, 1.54) is 11.3 Å². The fourth-order valence-corrected chi connectivity index (χ4v) is 1.93. The van der Waals surface area contributed by atoms with Crippen molar-refractivity contribution in [3.05, 3.63) is 12.2 Å². The van der Waals surface area contributed by atoms with Crippen LogP contribution in [0.15, 0.2) is 10.9 Å². The molecule has 2 amide bonds. The van der Waals surface area contributed by atoms with Gasteiger partial charge < -0.3 is 14.7 Å². The standard InChI is InChI=1S/C10H14N4O3/c1-6(2)9-10(16)11-3-8(15)14(9)4-7-12-5-17-13-7/h5-6,9H,3-4H2,1-2H3,(H,11,16). The molecule has 1 unspecified atom stereocenters. The number of nitrogens with zero attached hydrogens (tertiary/aromatic N) is 3. The second-order valence-electron chi connectivity index (χ2n) is 4.28. The highest BCUT2D eigenvalue weighted by atomic mass is 16.5. The maximum absolute atomic E-state index is 11.8. The smallest absolute Gasteiger partial charge is 0.243 e. The number of amides is 2. The first-order valence-corrected chi connectivity index (χ1v) is 5.42. The number of piperazine rings is 1. The van der Waals surface area contributed by atoms with Crippen LogP contribution in [0.3, 0.4) is 0 Å². The van der Waals surface area contributed by atoms with E-state index in [0.717, 1.165) is 0 Å². The molecule has 0 saturated carbocycles. The molecular formula is C10H14N4O3. The van der Waals surface area contributed by atoms with Crippen molar-refractivity contribution in [3.63, 3.8) is 0 Å². The van der Waals surface area contributed by atoms with Crippen LogP contribution in [0.25, 0.3) is 0 Å². The maximum Gasteiger partial charge on any atom is 0.243 e. The Morgan fingerprint density at radius 3 is 2.94 bits per heavy atom. The number of hydrogen-bond donors (Lipinski definition) is 1. The van der Waals surface area contributed by atoms with Crippen LogP contribution in [-0.2, 0) is 16.1 Å². The summed E-state index contributed by atoms with van der Waals surface area (Å²) in [5, 5.41) is 6.23. The Kier molecular flexibility index (Phi) is 3.08. The van der Waals surface area contributed by atoms with E-state index in [1.807, 2.05) is 13.8 Å². The van der Waals surface area contributed by atoms with Gasteiger partial charge in [0.2, 0.25) is 18.2 Å². The fourth-order valence-electron chi connectivity index (χ4n) is 1.93. The van der Waals surface area contributed by atoms with E-state index < -0.39 is 6.04 Å². The van der Waals surface area contributed by atoms with Crippen LogP contribution < -0.4 is 5.32 Å². The zero-order valence-corrected chi connectivity index (χ0v) is 9.71. The average molecular weight is 238 g/mol. The summed E-state index contributed by atoms with van der Waals surface area (Å²) in [7, 11) is 0. The van der Waals surface area contributed by atoms with Gasteiger partial charge in [0, 0.05) is 0 Å². The van der Waals surface area contributed by atoms with Crippen LogP contribution in [0.1, 0.15) is 19.7 Å². The number of rotatable bonds is 3. The van der Waals surface area contributed by atoms with Crippen molar-refractivity contribution >= 4 is 11.8 Å². The van der Waals surface area contributed by atoms with Crippen molar-refractivity contribution in [1.29, 1.82) is 0 Å². The summed E-state index contributed by atoms with van der Waals surface area (Å²) < 4.78 is 4.61. The maximum atomic E-state index is 11.8. The van der Waals surface area contributed by atoms with Gasteiger partial charge in [0.1, 0.15) is 6.04 Å². The van der Waals surface area contributed by atoms with Crippen LogP contribution in [0.2, 0.25) is 0 Å².